The summed E-state index contributed by atoms with van der Waals surface area (Å²) in [6.45, 7) is 4.47. The number of hydrogen-bond acceptors (Lipinski definition) is 3. The molecule has 1 unspecified atom stereocenters. The van der Waals surface area contributed by atoms with E-state index in [9.17, 15) is 0 Å². The van der Waals surface area contributed by atoms with Crippen LogP contribution in [0.3, 0.4) is 0 Å². The van der Waals surface area contributed by atoms with E-state index < -0.39 is 0 Å². The molecule has 0 radical (unpaired) electrons. The summed E-state index contributed by atoms with van der Waals surface area (Å²) in [5, 5.41) is -0.228. The summed E-state index contributed by atoms with van der Waals surface area (Å²) in [4.78, 5) is 9.05. The minimum absolute atomic E-state index is 0.228. The summed E-state index contributed by atoms with van der Waals surface area (Å²) in [7, 11) is 0. The normalized spacial score (nSPS) is 12.5. The lowest BCUT2D eigenvalue weighted by Gasteiger charge is -2.14. The van der Waals surface area contributed by atoms with Crippen LogP contribution in [0.4, 0.5) is 0 Å². The summed E-state index contributed by atoms with van der Waals surface area (Å²) in [6, 6.07) is 11.7. The standard InChI is InChI=1S/C16H16ClN3O/c1-3-21-14-9-5-4-8-13(14)20-15(11(2)17)19-12-7-6-10-18-16(12)20/h4-11H,3H2,1-2H3. The molecule has 0 aliphatic rings. The van der Waals surface area contributed by atoms with Crippen LogP contribution in [0.2, 0.25) is 0 Å². The predicted molar refractivity (Wildman–Crippen MR) is 84.3 cm³/mol. The molecule has 1 aromatic carbocycles. The molecule has 0 amide bonds. The van der Waals surface area contributed by atoms with Crippen molar-refractivity contribution in [3.05, 3.63) is 48.4 Å². The topological polar surface area (TPSA) is 39.9 Å². The third-order valence-corrected chi connectivity index (χ3v) is 3.40. The highest BCUT2D eigenvalue weighted by molar-refractivity contribution is 6.20. The van der Waals surface area contributed by atoms with Gasteiger partial charge in [0.15, 0.2) is 5.65 Å². The van der Waals surface area contributed by atoms with Crippen molar-refractivity contribution in [2.45, 2.75) is 19.2 Å². The fourth-order valence-corrected chi connectivity index (χ4v) is 2.50. The molecule has 0 bridgehead atoms. The van der Waals surface area contributed by atoms with Gasteiger partial charge in [0.2, 0.25) is 0 Å². The first kappa shape index (κ1) is 13.9. The monoisotopic (exact) mass is 301 g/mol. The van der Waals surface area contributed by atoms with E-state index in [4.69, 9.17) is 16.3 Å². The minimum Gasteiger partial charge on any atom is -0.492 e. The molecular weight excluding hydrogens is 286 g/mol. The summed E-state index contributed by atoms with van der Waals surface area (Å²) in [5.74, 6) is 1.56. The van der Waals surface area contributed by atoms with Crippen molar-refractivity contribution in [1.29, 1.82) is 0 Å². The second-order valence-electron chi connectivity index (χ2n) is 4.67. The van der Waals surface area contributed by atoms with Crippen molar-refractivity contribution in [3.63, 3.8) is 0 Å². The fraction of sp³-hybridized carbons (Fsp3) is 0.250. The predicted octanol–water partition coefficient (Wildman–Crippen LogP) is 4.12. The zero-order valence-corrected chi connectivity index (χ0v) is 12.7. The number of aromatic nitrogens is 3. The van der Waals surface area contributed by atoms with Gasteiger partial charge in [-0.2, -0.15) is 0 Å². The SMILES string of the molecule is CCOc1ccccc1-n1c(C(C)Cl)nc2cccnc21. The van der Waals surface area contributed by atoms with Gasteiger partial charge >= 0.3 is 0 Å². The highest BCUT2D eigenvalue weighted by Gasteiger charge is 2.19. The van der Waals surface area contributed by atoms with Crippen LogP contribution < -0.4 is 4.74 Å². The molecule has 2 aromatic heterocycles. The number of hydrogen-bond donors (Lipinski definition) is 0. The number of ether oxygens (including phenoxy) is 1. The Labute approximate surface area is 128 Å². The maximum Gasteiger partial charge on any atom is 0.164 e. The Morgan fingerprint density at radius 1 is 1.24 bits per heavy atom. The van der Waals surface area contributed by atoms with Crippen molar-refractivity contribution in [2.75, 3.05) is 6.61 Å². The Balaban J connectivity index is 2.31. The van der Waals surface area contributed by atoms with E-state index in [0.29, 0.717) is 6.61 Å². The van der Waals surface area contributed by atoms with Crippen molar-refractivity contribution in [2.24, 2.45) is 0 Å². The molecule has 0 aliphatic heterocycles. The summed E-state index contributed by atoms with van der Waals surface area (Å²) >= 11 is 6.31. The molecule has 1 atom stereocenters. The average molecular weight is 302 g/mol. The van der Waals surface area contributed by atoms with Gasteiger partial charge in [-0.25, -0.2) is 9.97 Å². The number of rotatable bonds is 4. The zero-order chi connectivity index (χ0) is 14.8. The lowest BCUT2D eigenvalue weighted by molar-refractivity contribution is 0.339. The Morgan fingerprint density at radius 3 is 2.81 bits per heavy atom. The van der Waals surface area contributed by atoms with Gasteiger partial charge in [0.25, 0.3) is 0 Å². The number of imidazole rings is 1. The molecule has 4 nitrogen and oxygen atoms in total. The van der Waals surface area contributed by atoms with Gasteiger partial charge < -0.3 is 4.74 Å². The zero-order valence-electron chi connectivity index (χ0n) is 12.0. The molecule has 2 heterocycles. The van der Waals surface area contributed by atoms with Crippen molar-refractivity contribution >= 4 is 22.8 Å². The summed E-state index contributed by atoms with van der Waals surface area (Å²) in [5.41, 5.74) is 2.52. The Kier molecular flexibility index (Phi) is 3.80. The maximum atomic E-state index is 6.31. The van der Waals surface area contributed by atoms with Crippen LogP contribution in [0.15, 0.2) is 42.6 Å². The third kappa shape index (κ3) is 2.47. The molecule has 0 aliphatic carbocycles. The molecule has 0 fully saturated rings. The van der Waals surface area contributed by atoms with Crippen LogP contribution in [-0.2, 0) is 0 Å². The van der Waals surface area contributed by atoms with E-state index in [1.54, 1.807) is 6.20 Å². The molecule has 0 N–H and O–H groups in total. The number of halogens is 1. The third-order valence-electron chi connectivity index (χ3n) is 3.20. The van der Waals surface area contributed by atoms with Crippen LogP contribution >= 0.6 is 11.6 Å². The Bertz CT molecular complexity index is 767. The van der Waals surface area contributed by atoms with E-state index in [2.05, 4.69) is 9.97 Å². The molecule has 0 saturated heterocycles. The molecule has 21 heavy (non-hydrogen) atoms. The quantitative estimate of drug-likeness (QED) is 0.681. The van der Waals surface area contributed by atoms with E-state index in [1.165, 1.54) is 0 Å². The first-order valence-electron chi connectivity index (χ1n) is 6.92. The van der Waals surface area contributed by atoms with E-state index in [-0.39, 0.29) is 5.38 Å². The van der Waals surface area contributed by atoms with Crippen molar-refractivity contribution in [3.8, 4) is 11.4 Å². The van der Waals surface area contributed by atoms with Gasteiger partial charge in [0.05, 0.1) is 17.7 Å². The highest BCUT2D eigenvalue weighted by atomic mass is 35.5. The largest absolute Gasteiger partial charge is 0.492 e. The molecule has 5 heteroatoms. The summed E-state index contributed by atoms with van der Waals surface area (Å²) in [6.07, 6.45) is 1.76. The van der Waals surface area contributed by atoms with Gasteiger partial charge in [0.1, 0.15) is 17.1 Å². The van der Waals surface area contributed by atoms with E-state index in [1.807, 2.05) is 54.8 Å². The second-order valence-corrected chi connectivity index (χ2v) is 5.32. The fourth-order valence-electron chi connectivity index (χ4n) is 2.35. The second kappa shape index (κ2) is 5.74. The molecule has 3 rings (SSSR count). The minimum atomic E-state index is -0.228. The van der Waals surface area contributed by atoms with Gasteiger partial charge in [-0.1, -0.05) is 12.1 Å². The highest BCUT2D eigenvalue weighted by Crippen LogP contribution is 2.31. The number of benzene rings is 1. The molecule has 108 valence electrons. The van der Waals surface area contributed by atoms with Crippen LogP contribution in [0.25, 0.3) is 16.9 Å². The van der Waals surface area contributed by atoms with Crippen LogP contribution in [-0.4, -0.2) is 21.1 Å². The van der Waals surface area contributed by atoms with Gasteiger partial charge in [0, 0.05) is 6.20 Å². The number of alkyl halides is 1. The van der Waals surface area contributed by atoms with Crippen molar-refractivity contribution in [1.82, 2.24) is 14.5 Å². The van der Waals surface area contributed by atoms with Gasteiger partial charge in [-0.05, 0) is 38.1 Å². The maximum absolute atomic E-state index is 6.31. The number of pyridine rings is 1. The molecule has 0 saturated carbocycles. The Morgan fingerprint density at radius 2 is 2.05 bits per heavy atom. The number of para-hydroxylation sites is 2. The molecule has 3 aromatic rings. The molecule has 0 spiro atoms. The number of nitrogens with zero attached hydrogens (tertiary/aromatic N) is 3. The first-order chi connectivity index (χ1) is 10.2. The molecular formula is C16H16ClN3O. The summed E-state index contributed by atoms with van der Waals surface area (Å²) < 4.78 is 7.70. The van der Waals surface area contributed by atoms with Crippen molar-refractivity contribution < 1.29 is 4.74 Å². The van der Waals surface area contributed by atoms with Gasteiger partial charge in [-0.15, -0.1) is 11.6 Å². The lowest BCUT2D eigenvalue weighted by Crippen LogP contribution is -2.05. The van der Waals surface area contributed by atoms with Crippen LogP contribution in [0.5, 0.6) is 5.75 Å². The Hall–Kier alpha value is -2.07. The van der Waals surface area contributed by atoms with E-state index in [0.717, 1.165) is 28.4 Å². The number of fused-ring (bicyclic) bond motifs is 1. The van der Waals surface area contributed by atoms with Crippen LogP contribution in [0, 0.1) is 0 Å². The van der Waals surface area contributed by atoms with E-state index >= 15 is 0 Å². The lowest BCUT2D eigenvalue weighted by atomic mass is 10.2. The first-order valence-corrected chi connectivity index (χ1v) is 7.35. The van der Waals surface area contributed by atoms with Gasteiger partial charge in [-0.3, -0.25) is 4.57 Å². The average Bonchev–Trinajstić information content (AvgIpc) is 2.88. The van der Waals surface area contributed by atoms with Crippen LogP contribution in [0.1, 0.15) is 25.0 Å². The smallest absolute Gasteiger partial charge is 0.164 e.